The van der Waals surface area contributed by atoms with Crippen molar-refractivity contribution >= 4 is 5.97 Å². The highest BCUT2D eigenvalue weighted by Gasteiger charge is 2.37. The SMILES string of the molecule is O=C(O)C1(CCc2cccnc2)CCCCCC1. The van der Waals surface area contributed by atoms with E-state index in [2.05, 4.69) is 4.98 Å². The molecule has 0 bridgehead atoms. The minimum Gasteiger partial charge on any atom is -0.481 e. The van der Waals surface area contributed by atoms with Crippen molar-refractivity contribution in [1.82, 2.24) is 4.98 Å². The van der Waals surface area contributed by atoms with Crippen molar-refractivity contribution in [2.24, 2.45) is 5.41 Å². The fraction of sp³-hybridized carbons (Fsp3) is 0.600. The molecular formula is C15H21NO2. The first-order chi connectivity index (χ1) is 8.73. The predicted octanol–water partition coefficient (Wildman–Crippen LogP) is 3.44. The summed E-state index contributed by atoms with van der Waals surface area (Å²) >= 11 is 0. The highest BCUT2D eigenvalue weighted by Crippen LogP contribution is 2.39. The lowest BCUT2D eigenvalue weighted by Gasteiger charge is -2.28. The van der Waals surface area contributed by atoms with E-state index < -0.39 is 11.4 Å². The first kappa shape index (κ1) is 13.1. The van der Waals surface area contributed by atoms with Gasteiger partial charge < -0.3 is 5.11 Å². The Morgan fingerprint density at radius 1 is 1.28 bits per heavy atom. The molecule has 1 saturated carbocycles. The third kappa shape index (κ3) is 3.09. The average molecular weight is 247 g/mol. The Balaban J connectivity index is 2.04. The van der Waals surface area contributed by atoms with Crippen molar-refractivity contribution in [3.8, 4) is 0 Å². The van der Waals surface area contributed by atoms with E-state index in [9.17, 15) is 9.90 Å². The number of carbonyl (C=O) groups is 1. The number of aliphatic carboxylic acids is 1. The zero-order valence-corrected chi connectivity index (χ0v) is 10.8. The molecule has 3 heteroatoms. The van der Waals surface area contributed by atoms with Crippen molar-refractivity contribution in [1.29, 1.82) is 0 Å². The van der Waals surface area contributed by atoms with Crippen molar-refractivity contribution in [2.45, 2.75) is 51.4 Å². The molecular weight excluding hydrogens is 226 g/mol. The van der Waals surface area contributed by atoms with Crippen LogP contribution in [0.2, 0.25) is 0 Å². The second-order valence-corrected chi connectivity index (χ2v) is 5.36. The summed E-state index contributed by atoms with van der Waals surface area (Å²) in [5.74, 6) is -0.603. The highest BCUT2D eigenvalue weighted by molar-refractivity contribution is 5.74. The molecule has 18 heavy (non-hydrogen) atoms. The van der Waals surface area contributed by atoms with Gasteiger partial charge in [0.25, 0.3) is 0 Å². The lowest BCUT2D eigenvalue weighted by molar-refractivity contribution is -0.150. The van der Waals surface area contributed by atoms with E-state index in [4.69, 9.17) is 0 Å². The molecule has 0 saturated heterocycles. The summed E-state index contributed by atoms with van der Waals surface area (Å²) in [7, 11) is 0. The molecule has 0 radical (unpaired) electrons. The van der Waals surface area contributed by atoms with Gasteiger partial charge in [0.2, 0.25) is 0 Å². The Bertz CT molecular complexity index is 381. The molecule has 98 valence electrons. The fourth-order valence-corrected chi connectivity index (χ4v) is 2.91. The van der Waals surface area contributed by atoms with E-state index in [1.807, 2.05) is 18.3 Å². The molecule has 1 heterocycles. The fourth-order valence-electron chi connectivity index (χ4n) is 2.91. The lowest BCUT2D eigenvalue weighted by Crippen LogP contribution is -2.31. The van der Waals surface area contributed by atoms with Gasteiger partial charge in [0, 0.05) is 12.4 Å². The second kappa shape index (κ2) is 5.98. The Kier molecular flexibility index (Phi) is 4.34. The van der Waals surface area contributed by atoms with Gasteiger partial charge in [0.15, 0.2) is 0 Å². The molecule has 1 aromatic rings. The van der Waals surface area contributed by atoms with Crippen LogP contribution in [0.5, 0.6) is 0 Å². The summed E-state index contributed by atoms with van der Waals surface area (Å²) in [4.78, 5) is 15.7. The molecule has 0 spiro atoms. The van der Waals surface area contributed by atoms with Crippen LogP contribution in [0.15, 0.2) is 24.5 Å². The first-order valence-electron chi connectivity index (χ1n) is 6.85. The van der Waals surface area contributed by atoms with E-state index in [1.165, 1.54) is 12.8 Å². The maximum atomic E-state index is 11.6. The summed E-state index contributed by atoms with van der Waals surface area (Å²) in [6.07, 6.45) is 11.3. The van der Waals surface area contributed by atoms with E-state index in [0.29, 0.717) is 0 Å². The first-order valence-corrected chi connectivity index (χ1v) is 6.85. The van der Waals surface area contributed by atoms with Crippen LogP contribution < -0.4 is 0 Å². The maximum absolute atomic E-state index is 11.6. The lowest BCUT2D eigenvalue weighted by atomic mass is 9.76. The number of aromatic nitrogens is 1. The monoisotopic (exact) mass is 247 g/mol. The van der Waals surface area contributed by atoms with Gasteiger partial charge in [-0.2, -0.15) is 0 Å². The van der Waals surface area contributed by atoms with Crippen LogP contribution >= 0.6 is 0 Å². The largest absolute Gasteiger partial charge is 0.481 e. The van der Waals surface area contributed by atoms with Crippen LogP contribution in [0.25, 0.3) is 0 Å². The second-order valence-electron chi connectivity index (χ2n) is 5.36. The number of nitrogens with zero attached hydrogens (tertiary/aromatic N) is 1. The molecule has 1 fully saturated rings. The minimum atomic E-state index is -0.603. The number of rotatable bonds is 4. The van der Waals surface area contributed by atoms with E-state index in [1.54, 1.807) is 6.20 Å². The van der Waals surface area contributed by atoms with Crippen LogP contribution in [0.3, 0.4) is 0 Å². The zero-order chi connectivity index (χ0) is 12.8. The van der Waals surface area contributed by atoms with Gasteiger partial charge >= 0.3 is 5.97 Å². The van der Waals surface area contributed by atoms with E-state index in [0.717, 1.165) is 44.1 Å². The summed E-state index contributed by atoms with van der Waals surface area (Å²) in [6.45, 7) is 0. The normalized spacial score (nSPS) is 19.1. The number of aryl methyl sites for hydroxylation is 1. The van der Waals surface area contributed by atoms with Crippen molar-refractivity contribution in [3.05, 3.63) is 30.1 Å². The molecule has 0 amide bonds. The Labute approximate surface area is 108 Å². The molecule has 1 aromatic heterocycles. The maximum Gasteiger partial charge on any atom is 0.309 e. The summed E-state index contributed by atoms with van der Waals surface area (Å²) < 4.78 is 0. The van der Waals surface area contributed by atoms with Crippen molar-refractivity contribution in [2.75, 3.05) is 0 Å². The summed E-state index contributed by atoms with van der Waals surface area (Å²) in [5.41, 5.74) is 0.647. The van der Waals surface area contributed by atoms with Gasteiger partial charge in [-0.05, 0) is 37.3 Å². The van der Waals surface area contributed by atoms with Gasteiger partial charge in [0.1, 0.15) is 0 Å². The quantitative estimate of drug-likeness (QED) is 0.829. The van der Waals surface area contributed by atoms with E-state index >= 15 is 0 Å². The number of carboxylic acid groups (broad SMARTS) is 1. The third-order valence-electron chi connectivity index (χ3n) is 4.13. The number of hydrogen-bond donors (Lipinski definition) is 1. The third-order valence-corrected chi connectivity index (χ3v) is 4.13. The minimum absolute atomic E-state index is 0.494. The Morgan fingerprint density at radius 3 is 2.56 bits per heavy atom. The van der Waals surface area contributed by atoms with Gasteiger partial charge in [-0.25, -0.2) is 0 Å². The topological polar surface area (TPSA) is 50.2 Å². The number of hydrogen-bond acceptors (Lipinski definition) is 2. The molecule has 2 rings (SSSR count). The molecule has 0 unspecified atom stereocenters. The van der Waals surface area contributed by atoms with Gasteiger partial charge in [0.05, 0.1) is 5.41 Å². The molecule has 3 nitrogen and oxygen atoms in total. The van der Waals surface area contributed by atoms with Gasteiger partial charge in [-0.15, -0.1) is 0 Å². The molecule has 0 atom stereocenters. The smallest absolute Gasteiger partial charge is 0.309 e. The van der Waals surface area contributed by atoms with Crippen molar-refractivity contribution < 1.29 is 9.90 Å². The van der Waals surface area contributed by atoms with Crippen LogP contribution in [-0.4, -0.2) is 16.1 Å². The molecule has 0 aliphatic heterocycles. The predicted molar refractivity (Wildman–Crippen MR) is 70.3 cm³/mol. The highest BCUT2D eigenvalue weighted by atomic mass is 16.4. The Morgan fingerprint density at radius 2 is 2.00 bits per heavy atom. The van der Waals surface area contributed by atoms with Crippen molar-refractivity contribution in [3.63, 3.8) is 0 Å². The summed E-state index contributed by atoms with van der Waals surface area (Å²) in [5, 5.41) is 9.58. The average Bonchev–Trinajstić information content (AvgIpc) is 2.64. The molecule has 1 aliphatic rings. The van der Waals surface area contributed by atoms with Crippen LogP contribution in [0, 0.1) is 5.41 Å². The van der Waals surface area contributed by atoms with E-state index in [-0.39, 0.29) is 0 Å². The number of carboxylic acids is 1. The molecule has 1 N–H and O–H groups in total. The Hall–Kier alpha value is -1.38. The molecule has 1 aliphatic carbocycles. The van der Waals surface area contributed by atoms with Crippen LogP contribution in [0.4, 0.5) is 0 Å². The molecule has 0 aromatic carbocycles. The van der Waals surface area contributed by atoms with Crippen LogP contribution in [-0.2, 0) is 11.2 Å². The standard InChI is InChI=1S/C15H21NO2/c17-14(18)15(8-3-1-2-4-9-15)10-7-13-6-5-11-16-12-13/h5-6,11-12H,1-4,7-10H2,(H,17,18). The van der Waals surface area contributed by atoms with Gasteiger partial charge in [-0.1, -0.05) is 31.7 Å². The number of pyridine rings is 1. The zero-order valence-electron chi connectivity index (χ0n) is 10.8. The van der Waals surface area contributed by atoms with Crippen LogP contribution in [0.1, 0.15) is 50.5 Å². The van der Waals surface area contributed by atoms with Gasteiger partial charge in [-0.3, -0.25) is 9.78 Å². The summed E-state index contributed by atoms with van der Waals surface area (Å²) in [6, 6.07) is 3.94.